The molecule has 4 rings (SSSR count). The maximum atomic E-state index is 14.1. The Bertz CT molecular complexity index is 1320. The SMILES string of the molecule is CCc1ccc2oc(-c3ccc(Cl)c(NC(=O)c4ccc(C#N)cc4F)c3)nc2c1. The third-order valence-corrected chi connectivity index (χ3v) is 4.99. The highest BCUT2D eigenvalue weighted by Crippen LogP contribution is 2.31. The summed E-state index contributed by atoms with van der Waals surface area (Å²) in [6.45, 7) is 2.06. The second-order valence-electron chi connectivity index (χ2n) is 6.63. The molecule has 1 aromatic heterocycles. The molecule has 5 nitrogen and oxygen atoms in total. The molecule has 4 aromatic rings. The molecule has 0 spiro atoms. The van der Waals surface area contributed by atoms with Crippen LogP contribution < -0.4 is 5.32 Å². The van der Waals surface area contributed by atoms with Crippen LogP contribution in [0.2, 0.25) is 5.02 Å². The molecule has 0 unspecified atom stereocenters. The lowest BCUT2D eigenvalue weighted by Gasteiger charge is -2.09. The zero-order valence-corrected chi connectivity index (χ0v) is 16.6. The lowest BCUT2D eigenvalue weighted by molar-refractivity contribution is 0.102. The first-order valence-corrected chi connectivity index (χ1v) is 9.56. The number of carbonyl (C=O) groups is 1. The van der Waals surface area contributed by atoms with Crippen LogP contribution in [0.3, 0.4) is 0 Å². The van der Waals surface area contributed by atoms with Crippen molar-refractivity contribution < 1.29 is 13.6 Å². The average molecular weight is 420 g/mol. The number of carbonyl (C=O) groups excluding carboxylic acids is 1. The minimum absolute atomic E-state index is 0.131. The van der Waals surface area contributed by atoms with E-state index in [1.54, 1.807) is 18.2 Å². The minimum atomic E-state index is -0.787. The van der Waals surface area contributed by atoms with Crippen molar-refractivity contribution in [3.8, 4) is 17.5 Å². The van der Waals surface area contributed by atoms with E-state index in [1.165, 1.54) is 12.1 Å². The predicted octanol–water partition coefficient (Wildman–Crippen LogP) is 5.97. The van der Waals surface area contributed by atoms with Crippen molar-refractivity contribution in [3.05, 3.63) is 82.1 Å². The van der Waals surface area contributed by atoms with Crippen molar-refractivity contribution in [3.63, 3.8) is 0 Å². The molecular formula is C23H15ClFN3O2. The molecule has 1 heterocycles. The van der Waals surface area contributed by atoms with Crippen LogP contribution in [0.1, 0.15) is 28.4 Å². The van der Waals surface area contributed by atoms with Gasteiger partial charge in [0, 0.05) is 5.56 Å². The van der Waals surface area contributed by atoms with Crippen LogP contribution >= 0.6 is 11.6 Å². The molecule has 0 fully saturated rings. The highest BCUT2D eigenvalue weighted by molar-refractivity contribution is 6.34. The monoisotopic (exact) mass is 419 g/mol. The Morgan fingerprint density at radius 1 is 1.20 bits per heavy atom. The molecule has 7 heteroatoms. The van der Waals surface area contributed by atoms with Gasteiger partial charge in [0.2, 0.25) is 5.89 Å². The average Bonchev–Trinajstić information content (AvgIpc) is 3.18. The summed E-state index contributed by atoms with van der Waals surface area (Å²) in [5.41, 5.74) is 3.39. The van der Waals surface area contributed by atoms with Crippen molar-refractivity contribution >= 4 is 34.3 Å². The Morgan fingerprint density at radius 3 is 2.77 bits per heavy atom. The molecule has 0 aliphatic carbocycles. The quantitative estimate of drug-likeness (QED) is 0.441. The molecule has 0 saturated carbocycles. The van der Waals surface area contributed by atoms with Crippen molar-refractivity contribution in [2.75, 3.05) is 5.32 Å². The number of oxazole rings is 1. The number of nitrogens with zero attached hydrogens (tertiary/aromatic N) is 2. The first-order valence-electron chi connectivity index (χ1n) is 9.19. The number of aryl methyl sites for hydroxylation is 1. The molecule has 0 atom stereocenters. The van der Waals surface area contributed by atoms with Crippen LogP contribution in [-0.4, -0.2) is 10.9 Å². The van der Waals surface area contributed by atoms with E-state index in [-0.39, 0.29) is 16.1 Å². The lowest BCUT2D eigenvalue weighted by Crippen LogP contribution is -2.14. The van der Waals surface area contributed by atoms with Crippen molar-refractivity contribution in [2.24, 2.45) is 0 Å². The van der Waals surface area contributed by atoms with Gasteiger partial charge in [-0.1, -0.05) is 24.6 Å². The van der Waals surface area contributed by atoms with E-state index < -0.39 is 11.7 Å². The fraction of sp³-hybridized carbons (Fsp3) is 0.0870. The van der Waals surface area contributed by atoms with Gasteiger partial charge in [0.15, 0.2) is 5.58 Å². The van der Waals surface area contributed by atoms with Gasteiger partial charge >= 0.3 is 0 Å². The number of rotatable bonds is 4. The normalized spacial score (nSPS) is 10.7. The van der Waals surface area contributed by atoms with E-state index in [2.05, 4.69) is 17.2 Å². The van der Waals surface area contributed by atoms with E-state index in [9.17, 15) is 9.18 Å². The highest BCUT2D eigenvalue weighted by atomic mass is 35.5. The Balaban J connectivity index is 1.65. The van der Waals surface area contributed by atoms with Crippen LogP contribution in [-0.2, 0) is 6.42 Å². The van der Waals surface area contributed by atoms with Crippen molar-refractivity contribution in [1.82, 2.24) is 4.98 Å². The number of hydrogen-bond acceptors (Lipinski definition) is 4. The smallest absolute Gasteiger partial charge is 0.258 e. The molecule has 1 amide bonds. The fourth-order valence-corrected chi connectivity index (χ4v) is 3.19. The summed E-state index contributed by atoms with van der Waals surface area (Å²) in [6.07, 6.45) is 0.890. The van der Waals surface area contributed by atoms with Crippen LogP contribution in [0.25, 0.3) is 22.6 Å². The van der Waals surface area contributed by atoms with Gasteiger partial charge in [-0.25, -0.2) is 9.37 Å². The number of amides is 1. The molecule has 0 aliphatic heterocycles. The summed E-state index contributed by atoms with van der Waals surface area (Å²) in [5.74, 6) is -1.08. The molecule has 30 heavy (non-hydrogen) atoms. The highest BCUT2D eigenvalue weighted by Gasteiger charge is 2.16. The molecule has 3 aromatic carbocycles. The van der Waals surface area contributed by atoms with Gasteiger partial charge in [0.1, 0.15) is 11.3 Å². The van der Waals surface area contributed by atoms with Crippen LogP contribution in [0.4, 0.5) is 10.1 Å². The molecule has 0 bridgehead atoms. The number of benzene rings is 3. The third kappa shape index (κ3) is 3.76. The molecule has 0 aliphatic rings. The molecule has 0 radical (unpaired) electrons. The van der Waals surface area contributed by atoms with E-state index in [4.69, 9.17) is 21.3 Å². The zero-order valence-electron chi connectivity index (χ0n) is 15.9. The second kappa shape index (κ2) is 7.97. The Hall–Kier alpha value is -3.69. The van der Waals surface area contributed by atoms with Gasteiger partial charge in [0.25, 0.3) is 5.91 Å². The summed E-state index contributed by atoms with van der Waals surface area (Å²) < 4.78 is 20.0. The van der Waals surface area contributed by atoms with Crippen molar-refractivity contribution in [2.45, 2.75) is 13.3 Å². The predicted molar refractivity (Wildman–Crippen MR) is 113 cm³/mol. The largest absolute Gasteiger partial charge is 0.436 e. The first kappa shape index (κ1) is 19.6. The molecule has 1 N–H and O–H groups in total. The number of aromatic nitrogens is 1. The van der Waals surface area contributed by atoms with E-state index in [0.717, 1.165) is 23.6 Å². The van der Waals surface area contributed by atoms with Gasteiger partial charge in [-0.2, -0.15) is 5.26 Å². The third-order valence-electron chi connectivity index (χ3n) is 4.66. The summed E-state index contributed by atoms with van der Waals surface area (Å²) in [6, 6.07) is 16.2. The molecule has 0 saturated heterocycles. The van der Waals surface area contributed by atoms with E-state index in [0.29, 0.717) is 22.7 Å². The Morgan fingerprint density at radius 2 is 2.03 bits per heavy atom. The maximum Gasteiger partial charge on any atom is 0.258 e. The first-order chi connectivity index (χ1) is 14.5. The maximum absolute atomic E-state index is 14.1. The molecule has 148 valence electrons. The fourth-order valence-electron chi connectivity index (χ4n) is 3.03. The van der Waals surface area contributed by atoms with Crippen molar-refractivity contribution in [1.29, 1.82) is 5.26 Å². The minimum Gasteiger partial charge on any atom is -0.436 e. The number of nitrogens with one attached hydrogen (secondary N) is 1. The summed E-state index contributed by atoms with van der Waals surface area (Å²) in [4.78, 5) is 17.0. The van der Waals surface area contributed by atoms with Crippen LogP contribution in [0, 0.1) is 17.1 Å². The number of halogens is 2. The Labute approximate surface area is 176 Å². The van der Waals surface area contributed by atoms with Gasteiger partial charge < -0.3 is 9.73 Å². The van der Waals surface area contributed by atoms with Gasteiger partial charge in [-0.05, 0) is 60.5 Å². The summed E-state index contributed by atoms with van der Waals surface area (Å²) in [5, 5.41) is 11.7. The number of hydrogen-bond donors (Lipinski definition) is 1. The lowest BCUT2D eigenvalue weighted by atomic mass is 10.1. The van der Waals surface area contributed by atoms with E-state index in [1.807, 2.05) is 24.3 Å². The standard InChI is InChI=1S/C23H15ClFN3O2/c1-2-13-4-8-21-20(10-13)28-23(30-21)15-5-7-17(24)19(11-15)27-22(29)16-6-3-14(12-26)9-18(16)25/h3-11H,2H2,1H3,(H,27,29). The van der Waals surface area contributed by atoms with Gasteiger partial charge in [0.05, 0.1) is 27.9 Å². The van der Waals surface area contributed by atoms with Gasteiger partial charge in [-0.3, -0.25) is 4.79 Å². The number of fused-ring (bicyclic) bond motifs is 1. The van der Waals surface area contributed by atoms with Crippen LogP contribution in [0.5, 0.6) is 0 Å². The Kier molecular flexibility index (Phi) is 5.21. The van der Waals surface area contributed by atoms with E-state index >= 15 is 0 Å². The van der Waals surface area contributed by atoms with Crippen LogP contribution in [0.15, 0.2) is 59.0 Å². The number of nitriles is 1. The topological polar surface area (TPSA) is 78.9 Å². The molecular weight excluding hydrogens is 405 g/mol. The zero-order chi connectivity index (χ0) is 21.3. The van der Waals surface area contributed by atoms with Gasteiger partial charge in [-0.15, -0.1) is 0 Å². The second-order valence-corrected chi connectivity index (χ2v) is 7.04. The summed E-state index contributed by atoms with van der Waals surface area (Å²) >= 11 is 6.22. The summed E-state index contributed by atoms with van der Waals surface area (Å²) in [7, 11) is 0. The number of anilines is 1.